The highest BCUT2D eigenvalue weighted by molar-refractivity contribution is 5.17. The predicted octanol–water partition coefficient (Wildman–Crippen LogP) is 3.69. The molecule has 0 aliphatic heterocycles. The summed E-state index contributed by atoms with van der Waals surface area (Å²) >= 11 is 0. The Kier molecular flexibility index (Phi) is 6.31. The first-order valence-electron chi connectivity index (χ1n) is 6.35. The van der Waals surface area contributed by atoms with E-state index in [0.717, 1.165) is 5.56 Å². The number of hydrogen-bond acceptors (Lipinski definition) is 2. The molecule has 0 fully saturated rings. The Hall–Kier alpha value is -1.07. The van der Waals surface area contributed by atoms with Crippen LogP contribution < -0.4 is 5.32 Å². The van der Waals surface area contributed by atoms with Gasteiger partial charge in [0.25, 0.3) is 0 Å². The van der Waals surface area contributed by atoms with Gasteiger partial charge in [-0.1, -0.05) is 44.2 Å². The van der Waals surface area contributed by atoms with Gasteiger partial charge in [0.2, 0.25) is 0 Å². The van der Waals surface area contributed by atoms with Gasteiger partial charge in [0, 0.05) is 12.6 Å². The molecule has 0 saturated carbocycles. The SMILES string of the molecule is CC(C)NCC(OCCC(F)(F)F)c1ccccc1. The van der Waals surface area contributed by atoms with Gasteiger partial charge >= 0.3 is 6.18 Å². The van der Waals surface area contributed by atoms with Crippen LogP contribution in [0.15, 0.2) is 30.3 Å². The summed E-state index contributed by atoms with van der Waals surface area (Å²) in [6.45, 7) is 4.15. The minimum Gasteiger partial charge on any atom is -0.372 e. The zero-order chi connectivity index (χ0) is 14.3. The number of alkyl halides is 3. The smallest absolute Gasteiger partial charge is 0.372 e. The number of rotatable bonds is 7. The third-order valence-electron chi connectivity index (χ3n) is 2.59. The van der Waals surface area contributed by atoms with Gasteiger partial charge in [-0.2, -0.15) is 13.2 Å². The maximum Gasteiger partial charge on any atom is 0.391 e. The number of hydrogen-bond donors (Lipinski definition) is 1. The van der Waals surface area contributed by atoms with Crippen molar-refractivity contribution in [3.63, 3.8) is 0 Å². The summed E-state index contributed by atoms with van der Waals surface area (Å²) in [7, 11) is 0. The summed E-state index contributed by atoms with van der Waals surface area (Å²) < 4.78 is 41.8. The highest BCUT2D eigenvalue weighted by atomic mass is 19.4. The number of halogens is 3. The van der Waals surface area contributed by atoms with E-state index in [1.807, 2.05) is 44.2 Å². The Bertz CT molecular complexity index is 351. The van der Waals surface area contributed by atoms with Gasteiger partial charge in [0.05, 0.1) is 19.1 Å². The fourth-order valence-corrected chi connectivity index (χ4v) is 1.60. The van der Waals surface area contributed by atoms with Gasteiger partial charge < -0.3 is 10.1 Å². The van der Waals surface area contributed by atoms with E-state index in [0.29, 0.717) is 6.54 Å². The van der Waals surface area contributed by atoms with Crippen LogP contribution in [0.25, 0.3) is 0 Å². The Morgan fingerprint density at radius 1 is 1.16 bits per heavy atom. The minimum absolute atomic E-state index is 0.262. The molecule has 0 heterocycles. The quantitative estimate of drug-likeness (QED) is 0.819. The summed E-state index contributed by atoms with van der Waals surface area (Å²) in [5.41, 5.74) is 0.887. The maximum atomic E-state index is 12.1. The molecule has 1 atom stereocenters. The van der Waals surface area contributed by atoms with E-state index in [-0.39, 0.29) is 18.8 Å². The van der Waals surface area contributed by atoms with Crippen LogP contribution in [0.1, 0.15) is 31.9 Å². The van der Waals surface area contributed by atoms with Crippen LogP contribution in [0.2, 0.25) is 0 Å². The first-order chi connectivity index (χ1) is 8.88. The van der Waals surface area contributed by atoms with Crippen LogP contribution in [-0.2, 0) is 4.74 Å². The molecule has 0 spiro atoms. The lowest BCUT2D eigenvalue weighted by Crippen LogP contribution is -2.29. The van der Waals surface area contributed by atoms with Crippen LogP contribution in [0, 0.1) is 0 Å². The molecule has 19 heavy (non-hydrogen) atoms. The van der Waals surface area contributed by atoms with E-state index >= 15 is 0 Å². The van der Waals surface area contributed by atoms with Crippen LogP contribution in [0.5, 0.6) is 0 Å². The first-order valence-corrected chi connectivity index (χ1v) is 6.35. The molecule has 0 aliphatic carbocycles. The van der Waals surface area contributed by atoms with Gasteiger partial charge in [0.15, 0.2) is 0 Å². The van der Waals surface area contributed by atoms with Crippen molar-refractivity contribution >= 4 is 0 Å². The summed E-state index contributed by atoms with van der Waals surface area (Å²) in [4.78, 5) is 0. The highest BCUT2D eigenvalue weighted by Gasteiger charge is 2.27. The molecule has 0 aliphatic rings. The van der Waals surface area contributed by atoms with Gasteiger partial charge in [-0.3, -0.25) is 0 Å². The second-order valence-corrected chi connectivity index (χ2v) is 4.70. The van der Waals surface area contributed by atoms with E-state index in [1.165, 1.54) is 0 Å². The van der Waals surface area contributed by atoms with Crippen LogP contribution >= 0.6 is 0 Å². The molecule has 0 bridgehead atoms. The molecule has 108 valence electrons. The number of nitrogens with one attached hydrogen (secondary N) is 1. The third-order valence-corrected chi connectivity index (χ3v) is 2.59. The van der Waals surface area contributed by atoms with E-state index in [2.05, 4.69) is 5.32 Å². The van der Waals surface area contributed by atoms with E-state index in [1.54, 1.807) is 0 Å². The summed E-state index contributed by atoms with van der Waals surface area (Å²) in [6.07, 6.45) is -5.45. The third kappa shape index (κ3) is 7.18. The van der Waals surface area contributed by atoms with Crippen molar-refractivity contribution in [2.45, 2.75) is 38.6 Å². The minimum atomic E-state index is -4.17. The largest absolute Gasteiger partial charge is 0.391 e. The van der Waals surface area contributed by atoms with Crippen molar-refractivity contribution in [2.24, 2.45) is 0 Å². The zero-order valence-electron chi connectivity index (χ0n) is 11.2. The fourth-order valence-electron chi connectivity index (χ4n) is 1.60. The van der Waals surface area contributed by atoms with E-state index in [9.17, 15) is 13.2 Å². The average Bonchev–Trinajstić information content (AvgIpc) is 2.33. The molecule has 1 aromatic rings. The van der Waals surface area contributed by atoms with Crippen molar-refractivity contribution < 1.29 is 17.9 Å². The molecule has 0 saturated heterocycles. The second kappa shape index (κ2) is 7.50. The fraction of sp³-hybridized carbons (Fsp3) is 0.571. The molecule has 1 unspecified atom stereocenters. The topological polar surface area (TPSA) is 21.3 Å². The van der Waals surface area contributed by atoms with Gasteiger partial charge in [-0.25, -0.2) is 0 Å². The van der Waals surface area contributed by atoms with Crippen molar-refractivity contribution in [3.05, 3.63) is 35.9 Å². The molecular formula is C14H20F3NO. The van der Waals surface area contributed by atoms with Gasteiger partial charge in [0.1, 0.15) is 0 Å². The van der Waals surface area contributed by atoms with E-state index in [4.69, 9.17) is 4.74 Å². The average molecular weight is 275 g/mol. The summed E-state index contributed by atoms with van der Waals surface area (Å²) in [5, 5.41) is 3.19. The zero-order valence-corrected chi connectivity index (χ0v) is 11.2. The molecular weight excluding hydrogens is 255 g/mol. The molecule has 0 aromatic heterocycles. The normalized spacial score (nSPS) is 13.8. The lowest BCUT2D eigenvalue weighted by molar-refractivity contribution is -0.149. The number of ether oxygens (including phenoxy) is 1. The van der Waals surface area contributed by atoms with E-state index < -0.39 is 12.6 Å². The highest BCUT2D eigenvalue weighted by Crippen LogP contribution is 2.22. The molecule has 1 N–H and O–H groups in total. The maximum absolute atomic E-state index is 12.1. The van der Waals surface area contributed by atoms with Crippen LogP contribution in [-0.4, -0.2) is 25.4 Å². The molecule has 5 heteroatoms. The molecule has 2 nitrogen and oxygen atoms in total. The van der Waals surface area contributed by atoms with Gasteiger partial charge in [-0.15, -0.1) is 0 Å². The van der Waals surface area contributed by atoms with Crippen LogP contribution in [0.4, 0.5) is 13.2 Å². The molecule has 1 aromatic carbocycles. The van der Waals surface area contributed by atoms with Gasteiger partial charge in [-0.05, 0) is 5.56 Å². The molecule has 1 rings (SSSR count). The Balaban J connectivity index is 2.55. The Morgan fingerprint density at radius 3 is 2.32 bits per heavy atom. The lowest BCUT2D eigenvalue weighted by atomic mass is 10.1. The van der Waals surface area contributed by atoms with Crippen LogP contribution in [0.3, 0.4) is 0 Å². The summed E-state index contributed by atoms with van der Waals surface area (Å²) in [6, 6.07) is 9.56. The predicted molar refractivity (Wildman–Crippen MR) is 68.9 cm³/mol. The first kappa shape index (κ1) is 16.0. The monoisotopic (exact) mass is 275 g/mol. The van der Waals surface area contributed by atoms with Crippen molar-refractivity contribution in [2.75, 3.05) is 13.2 Å². The van der Waals surface area contributed by atoms with Crippen molar-refractivity contribution in [1.29, 1.82) is 0 Å². The second-order valence-electron chi connectivity index (χ2n) is 4.70. The Morgan fingerprint density at radius 2 is 1.79 bits per heavy atom. The van der Waals surface area contributed by atoms with Crippen molar-refractivity contribution in [1.82, 2.24) is 5.32 Å². The molecule has 0 radical (unpaired) electrons. The lowest BCUT2D eigenvalue weighted by Gasteiger charge is -2.21. The summed E-state index contributed by atoms with van der Waals surface area (Å²) in [5.74, 6) is 0. The number of benzene rings is 1. The standard InChI is InChI=1S/C14H20F3NO/c1-11(2)18-10-13(12-6-4-3-5-7-12)19-9-8-14(15,16)17/h3-7,11,13,18H,8-10H2,1-2H3. The Labute approximate surface area is 112 Å². The molecule has 0 amide bonds. The van der Waals surface area contributed by atoms with Crippen molar-refractivity contribution in [3.8, 4) is 0 Å².